The fourth-order valence-corrected chi connectivity index (χ4v) is 2.80. The number of carbonyl (C=O) groups is 1. The molecule has 1 heterocycles. The Hall–Kier alpha value is -1.51. The molecule has 1 aromatic rings. The van der Waals surface area contributed by atoms with E-state index in [9.17, 15) is 4.79 Å². The molecule has 0 bridgehead atoms. The van der Waals surface area contributed by atoms with Crippen molar-refractivity contribution < 1.29 is 4.79 Å². The molecule has 1 saturated heterocycles. The Morgan fingerprint density at radius 3 is 2.45 bits per heavy atom. The lowest BCUT2D eigenvalue weighted by atomic mass is 9.87. The third kappa shape index (κ3) is 3.33. The summed E-state index contributed by atoms with van der Waals surface area (Å²) in [7, 11) is 1.72. The number of amides is 1. The number of anilines is 1. The molecule has 1 aliphatic heterocycles. The Morgan fingerprint density at radius 1 is 1.25 bits per heavy atom. The largest absolute Gasteiger partial charge is 0.371 e. The third-order valence-corrected chi connectivity index (χ3v) is 4.14. The summed E-state index contributed by atoms with van der Waals surface area (Å²) in [6.45, 7) is 8.55. The van der Waals surface area contributed by atoms with Gasteiger partial charge in [-0.05, 0) is 36.0 Å². The minimum absolute atomic E-state index is 0.121. The van der Waals surface area contributed by atoms with E-state index >= 15 is 0 Å². The summed E-state index contributed by atoms with van der Waals surface area (Å²) in [5, 5.41) is 2.77. The van der Waals surface area contributed by atoms with Gasteiger partial charge in [0.2, 0.25) is 5.91 Å². The molecule has 0 radical (unpaired) electrons. The van der Waals surface area contributed by atoms with Crippen LogP contribution in [0.25, 0.3) is 0 Å². The van der Waals surface area contributed by atoms with Gasteiger partial charge in [-0.15, -0.1) is 0 Å². The summed E-state index contributed by atoms with van der Waals surface area (Å²) in [4.78, 5) is 14.1. The van der Waals surface area contributed by atoms with Gasteiger partial charge in [0.25, 0.3) is 0 Å². The zero-order chi connectivity index (χ0) is 14.8. The highest BCUT2D eigenvalue weighted by atomic mass is 16.1. The van der Waals surface area contributed by atoms with Crippen molar-refractivity contribution in [3.05, 3.63) is 29.8 Å². The molecule has 1 atom stereocenters. The molecule has 1 aromatic carbocycles. The Morgan fingerprint density at radius 2 is 1.90 bits per heavy atom. The van der Waals surface area contributed by atoms with Crippen molar-refractivity contribution in [1.82, 2.24) is 5.32 Å². The second-order valence-electron chi connectivity index (χ2n) is 6.70. The minimum atomic E-state index is 0.121. The average molecular weight is 274 g/mol. The molecule has 3 heteroatoms. The van der Waals surface area contributed by atoms with Crippen molar-refractivity contribution in [1.29, 1.82) is 0 Å². The van der Waals surface area contributed by atoms with Gasteiger partial charge in [0.1, 0.15) is 0 Å². The first kappa shape index (κ1) is 14.9. The molecule has 1 N–H and O–H groups in total. The van der Waals surface area contributed by atoms with Gasteiger partial charge in [-0.1, -0.05) is 32.9 Å². The SMILES string of the molecule is CNC(=O)[C@H]1CCCN(c2ccc(C(C)(C)C)cc2)C1. The number of rotatable bonds is 2. The summed E-state index contributed by atoms with van der Waals surface area (Å²) in [5.74, 6) is 0.289. The van der Waals surface area contributed by atoms with E-state index in [0.29, 0.717) is 0 Å². The summed E-state index contributed by atoms with van der Waals surface area (Å²) in [6, 6.07) is 8.79. The lowest BCUT2D eigenvalue weighted by Crippen LogP contribution is -2.42. The van der Waals surface area contributed by atoms with Crippen LogP contribution in [-0.4, -0.2) is 26.0 Å². The summed E-state index contributed by atoms with van der Waals surface area (Å²) < 4.78 is 0. The number of carbonyl (C=O) groups excluding carboxylic acids is 1. The predicted molar refractivity (Wildman–Crippen MR) is 84.1 cm³/mol. The van der Waals surface area contributed by atoms with Crippen LogP contribution in [0.3, 0.4) is 0 Å². The second kappa shape index (κ2) is 5.86. The quantitative estimate of drug-likeness (QED) is 0.899. The van der Waals surface area contributed by atoms with Crippen molar-refractivity contribution in [2.75, 3.05) is 25.0 Å². The lowest BCUT2D eigenvalue weighted by Gasteiger charge is -2.34. The molecule has 3 nitrogen and oxygen atoms in total. The molecule has 2 rings (SSSR count). The van der Waals surface area contributed by atoms with Crippen LogP contribution in [-0.2, 0) is 10.2 Å². The van der Waals surface area contributed by atoms with Crippen LogP contribution in [0.15, 0.2) is 24.3 Å². The molecule has 1 fully saturated rings. The molecule has 0 saturated carbocycles. The second-order valence-corrected chi connectivity index (χ2v) is 6.70. The van der Waals surface area contributed by atoms with Crippen molar-refractivity contribution in [3.8, 4) is 0 Å². The third-order valence-electron chi connectivity index (χ3n) is 4.14. The zero-order valence-electron chi connectivity index (χ0n) is 13.1. The first-order valence-corrected chi connectivity index (χ1v) is 7.49. The molecule has 20 heavy (non-hydrogen) atoms. The highest BCUT2D eigenvalue weighted by molar-refractivity contribution is 5.79. The normalized spacial score (nSPS) is 19.8. The van der Waals surface area contributed by atoms with Gasteiger partial charge in [0.15, 0.2) is 0 Å². The summed E-state index contributed by atoms with van der Waals surface area (Å²) in [5.41, 5.74) is 2.76. The van der Waals surface area contributed by atoms with Gasteiger partial charge in [-0.25, -0.2) is 0 Å². The van der Waals surface area contributed by atoms with Crippen molar-refractivity contribution in [3.63, 3.8) is 0 Å². The van der Waals surface area contributed by atoms with Gasteiger partial charge >= 0.3 is 0 Å². The van der Waals surface area contributed by atoms with Gasteiger partial charge in [-0.3, -0.25) is 4.79 Å². The lowest BCUT2D eigenvalue weighted by molar-refractivity contribution is -0.124. The molecule has 1 aliphatic rings. The summed E-state index contributed by atoms with van der Waals surface area (Å²) >= 11 is 0. The number of nitrogens with one attached hydrogen (secondary N) is 1. The smallest absolute Gasteiger partial charge is 0.224 e. The van der Waals surface area contributed by atoms with Crippen molar-refractivity contribution >= 4 is 11.6 Å². The van der Waals surface area contributed by atoms with E-state index in [0.717, 1.165) is 25.9 Å². The van der Waals surface area contributed by atoms with Crippen LogP contribution in [0.5, 0.6) is 0 Å². The Kier molecular flexibility index (Phi) is 4.36. The van der Waals surface area contributed by atoms with Crippen LogP contribution in [0.1, 0.15) is 39.2 Å². The van der Waals surface area contributed by atoms with Crippen molar-refractivity contribution in [2.24, 2.45) is 5.92 Å². The molecule has 0 spiro atoms. The van der Waals surface area contributed by atoms with Gasteiger partial charge < -0.3 is 10.2 Å². The molecule has 0 aromatic heterocycles. The zero-order valence-corrected chi connectivity index (χ0v) is 13.1. The Labute approximate surface area is 122 Å². The summed E-state index contributed by atoms with van der Waals surface area (Å²) in [6.07, 6.45) is 2.08. The molecule has 0 aliphatic carbocycles. The van der Waals surface area contributed by atoms with E-state index in [4.69, 9.17) is 0 Å². The Bertz CT molecular complexity index is 459. The van der Waals surface area contributed by atoms with E-state index in [2.05, 4.69) is 55.3 Å². The fourth-order valence-electron chi connectivity index (χ4n) is 2.80. The highest BCUT2D eigenvalue weighted by Gasteiger charge is 2.25. The first-order valence-electron chi connectivity index (χ1n) is 7.49. The van der Waals surface area contributed by atoms with Gasteiger partial charge in [0, 0.05) is 25.8 Å². The standard InChI is InChI=1S/C17H26N2O/c1-17(2,3)14-7-9-15(10-8-14)19-11-5-6-13(12-19)16(20)18-4/h7-10,13H,5-6,11-12H2,1-4H3,(H,18,20)/t13-/m0/s1. The number of piperidine rings is 1. The van der Waals surface area contributed by atoms with Crippen molar-refractivity contribution in [2.45, 2.75) is 39.0 Å². The van der Waals surface area contributed by atoms with E-state index in [-0.39, 0.29) is 17.2 Å². The monoisotopic (exact) mass is 274 g/mol. The van der Waals surface area contributed by atoms with Crippen LogP contribution in [0, 0.1) is 5.92 Å². The minimum Gasteiger partial charge on any atom is -0.371 e. The number of hydrogen-bond donors (Lipinski definition) is 1. The number of benzene rings is 1. The van der Waals surface area contributed by atoms with Crippen LogP contribution in [0.4, 0.5) is 5.69 Å². The van der Waals surface area contributed by atoms with Crippen LogP contribution in [0.2, 0.25) is 0 Å². The van der Waals surface area contributed by atoms with Crippen LogP contribution < -0.4 is 10.2 Å². The van der Waals surface area contributed by atoms with E-state index < -0.39 is 0 Å². The molecule has 110 valence electrons. The van der Waals surface area contributed by atoms with E-state index in [1.54, 1.807) is 7.05 Å². The molecular formula is C17H26N2O. The molecular weight excluding hydrogens is 248 g/mol. The number of nitrogens with zero attached hydrogens (tertiary/aromatic N) is 1. The fraction of sp³-hybridized carbons (Fsp3) is 0.588. The maximum absolute atomic E-state index is 11.8. The topological polar surface area (TPSA) is 32.3 Å². The highest BCUT2D eigenvalue weighted by Crippen LogP contribution is 2.27. The maximum Gasteiger partial charge on any atom is 0.224 e. The van der Waals surface area contributed by atoms with Gasteiger partial charge in [0.05, 0.1) is 5.92 Å². The Balaban J connectivity index is 2.09. The predicted octanol–water partition coefficient (Wildman–Crippen LogP) is 2.95. The van der Waals surface area contributed by atoms with E-state index in [1.807, 2.05) is 0 Å². The molecule has 1 amide bonds. The van der Waals surface area contributed by atoms with E-state index in [1.165, 1.54) is 11.3 Å². The molecule has 0 unspecified atom stereocenters. The number of hydrogen-bond acceptors (Lipinski definition) is 2. The maximum atomic E-state index is 11.8. The van der Waals surface area contributed by atoms with Crippen LogP contribution >= 0.6 is 0 Å². The van der Waals surface area contributed by atoms with Gasteiger partial charge in [-0.2, -0.15) is 0 Å². The first-order chi connectivity index (χ1) is 9.41. The average Bonchev–Trinajstić information content (AvgIpc) is 2.46.